The van der Waals surface area contributed by atoms with Gasteiger partial charge in [-0.15, -0.1) is 6.58 Å². The van der Waals surface area contributed by atoms with Crippen LogP contribution in [0.1, 0.15) is 23.2 Å². The minimum Gasteiger partial charge on any atom is -0.389 e. The number of rotatable bonds is 5. The first-order valence-electron chi connectivity index (χ1n) is 4.73. The lowest BCUT2D eigenvalue weighted by molar-refractivity contribution is 0.0959. The van der Waals surface area contributed by atoms with E-state index in [2.05, 4.69) is 6.58 Å². The molecule has 1 aromatic rings. The molecular formula is C12H13FO2. The van der Waals surface area contributed by atoms with Gasteiger partial charge in [0.25, 0.3) is 0 Å². The fourth-order valence-electron chi connectivity index (χ4n) is 1.18. The predicted octanol–water partition coefficient (Wildman–Crippen LogP) is 2.34. The number of Topliss-reactive ketones (excluding diaryl/α,β-unsaturated/α-hetero) is 1. The standard InChI is InChI=1S/C12H13FO2/c1-2-11(14)7-8-12(15)9-3-5-10(13)6-4-9/h2-6,11,14H,1,7-8H2. The Bertz CT molecular complexity index is 343. The molecule has 0 bridgehead atoms. The predicted molar refractivity (Wildman–Crippen MR) is 56.2 cm³/mol. The van der Waals surface area contributed by atoms with Crippen molar-refractivity contribution in [2.75, 3.05) is 0 Å². The summed E-state index contributed by atoms with van der Waals surface area (Å²) in [5, 5.41) is 9.17. The summed E-state index contributed by atoms with van der Waals surface area (Å²) in [5.41, 5.74) is 0.465. The van der Waals surface area contributed by atoms with Gasteiger partial charge >= 0.3 is 0 Å². The Labute approximate surface area is 88.1 Å². The zero-order valence-electron chi connectivity index (χ0n) is 8.32. The average Bonchev–Trinajstić information content (AvgIpc) is 2.26. The van der Waals surface area contributed by atoms with Crippen LogP contribution >= 0.6 is 0 Å². The number of aliphatic hydroxyl groups is 1. The van der Waals surface area contributed by atoms with Crippen LogP contribution in [0.3, 0.4) is 0 Å². The second kappa shape index (κ2) is 5.41. The van der Waals surface area contributed by atoms with Crippen LogP contribution in [0, 0.1) is 5.82 Å². The highest BCUT2D eigenvalue weighted by atomic mass is 19.1. The molecule has 0 amide bonds. The lowest BCUT2D eigenvalue weighted by atomic mass is 10.0. The Morgan fingerprint density at radius 2 is 2.07 bits per heavy atom. The van der Waals surface area contributed by atoms with E-state index in [1.807, 2.05) is 0 Å². The third-order valence-corrected chi connectivity index (χ3v) is 2.11. The van der Waals surface area contributed by atoms with E-state index in [1.165, 1.54) is 30.3 Å². The molecule has 0 heterocycles. The summed E-state index contributed by atoms with van der Waals surface area (Å²) in [6.07, 6.45) is 1.31. The number of carbonyl (C=O) groups is 1. The highest BCUT2D eigenvalue weighted by molar-refractivity contribution is 5.95. The maximum Gasteiger partial charge on any atom is 0.162 e. The van der Waals surface area contributed by atoms with Crippen LogP contribution in [-0.2, 0) is 0 Å². The van der Waals surface area contributed by atoms with Crippen molar-refractivity contribution in [2.45, 2.75) is 18.9 Å². The fourth-order valence-corrected chi connectivity index (χ4v) is 1.18. The lowest BCUT2D eigenvalue weighted by Crippen LogP contribution is -2.06. The maximum atomic E-state index is 12.6. The molecule has 1 unspecified atom stereocenters. The van der Waals surface area contributed by atoms with Crippen molar-refractivity contribution in [3.8, 4) is 0 Å². The molecule has 2 nitrogen and oxygen atoms in total. The van der Waals surface area contributed by atoms with Crippen LogP contribution in [0.2, 0.25) is 0 Å². The first-order chi connectivity index (χ1) is 7.13. The molecule has 0 aliphatic rings. The van der Waals surface area contributed by atoms with Crippen molar-refractivity contribution in [1.82, 2.24) is 0 Å². The SMILES string of the molecule is C=CC(O)CCC(=O)c1ccc(F)cc1. The molecule has 0 aliphatic carbocycles. The van der Waals surface area contributed by atoms with E-state index in [9.17, 15) is 9.18 Å². The first-order valence-corrected chi connectivity index (χ1v) is 4.73. The summed E-state index contributed by atoms with van der Waals surface area (Å²) >= 11 is 0. The fraction of sp³-hybridized carbons (Fsp3) is 0.250. The summed E-state index contributed by atoms with van der Waals surface area (Å²) in [4.78, 5) is 11.5. The van der Waals surface area contributed by atoms with Crippen LogP contribution in [0.15, 0.2) is 36.9 Å². The molecule has 0 saturated heterocycles. The second-order valence-electron chi connectivity index (χ2n) is 3.27. The third kappa shape index (κ3) is 3.64. The number of hydrogen-bond donors (Lipinski definition) is 1. The van der Waals surface area contributed by atoms with Crippen LogP contribution in [0.4, 0.5) is 4.39 Å². The molecule has 0 fully saturated rings. The quantitative estimate of drug-likeness (QED) is 0.595. The number of benzene rings is 1. The summed E-state index contributed by atoms with van der Waals surface area (Å²) in [7, 11) is 0. The molecule has 80 valence electrons. The van der Waals surface area contributed by atoms with Gasteiger partial charge in [0.05, 0.1) is 6.10 Å². The van der Waals surface area contributed by atoms with E-state index < -0.39 is 6.10 Å². The number of hydrogen-bond acceptors (Lipinski definition) is 2. The van der Waals surface area contributed by atoms with Crippen LogP contribution in [-0.4, -0.2) is 17.0 Å². The molecule has 0 radical (unpaired) electrons. The monoisotopic (exact) mass is 208 g/mol. The maximum absolute atomic E-state index is 12.6. The van der Waals surface area contributed by atoms with Crippen LogP contribution in [0.25, 0.3) is 0 Å². The van der Waals surface area contributed by atoms with Crippen molar-refractivity contribution < 1.29 is 14.3 Å². The summed E-state index contributed by atoms with van der Waals surface area (Å²) in [6, 6.07) is 5.38. The minimum atomic E-state index is -0.658. The molecule has 1 atom stereocenters. The molecule has 0 saturated carbocycles. The molecule has 1 rings (SSSR count). The van der Waals surface area contributed by atoms with Crippen molar-refractivity contribution >= 4 is 5.78 Å². The van der Waals surface area contributed by atoms with Crippen molar-refractivity contribution in [2.24, 2.45) is 0 Å². The number of aliphatic hydroxyl groups excluding tert-OH is 1. The Balaban J connectivity index is 2.54. The van der Waals surface area contributed by atoms with Gasteiger partial charge < -0.3 is 5.11 Å². The molecule has 1 N–H and O–H groups in total. The van der Waals surface area contributed by atoms with Gasteiger partial charge in [0.15, 0.2) is 5.78 Å². The number of ketones is 1. The van der Waals surface area contributed by atoms with E-state index in [0.29, 0.717) is 12.0 Å². The Kier molecular flexibility index (Phi) is 4.18. The van der Waals surface area contributed by atoms with Crippen molar-refractivity contribution in [3.63, 3.8) is 0 Å². The zero-order valence-corrected chi connectivity index (χ0v) is 8.32. The smallest absolute Gasteiger partial charge is 0.162 e. The van der Waals surface area contributed by atoms with Gasteiger partial charge in [-0.1, -0.05) is 6.08 Å². The van der Waals surface area contributed by atoms with Crippen LogP contribution in [0.5, 0.6) is 0 Å². The van der Waals surface area contributed by atoms with Crippen molar-refractivity contribution in [3.05, 3.63) is 48.3 Å². The Morgan fingerprint density at radius 1 is 1.47 bits per heavy atom. The van der Waals surface area contributed by atoms with Gasteiger partial charge in [-0.3, -0.25) is 4.79 Å². The van der Waals surface area contributed by atoms with E-state index >= 15 is 0 Å². The topological polar surface area (TPSA) is 37.3 Å². The molecule has 15 heavy (non-hydrogen) atoms. The van der Waals surface area contributed by atoms with Crippen LogP contribution < -0.4 is 0 Å². The van der Waals surface area contributed by atoms with E-state index in [0.717, 1.165) is 0 Å². The summed E-state index contributed by atoms with van der Waals surface area (Å²) < 4.78 is 12.6. The number of carbonyl (C=O) groups excluding carboxylic acids is 1. The molecule has 0 aromatic heterocycles. The molecule has 3 heteroatoms. The molecule has 0 spiro atoms. The normalized spacial score (nSPS) is 12.1. The van der Waals surface area contributed by atoms with Crippen molar-refractivity contribution in [1.29, 1.82) is 0 Å². The number of halogens is 1. The summed E-state index contributed by atoms with van der Waals surface area (Å²) in [5.74, 6) is -0.464. The van der Waals surface area contributed by atoms with Gasteiger partial charge in [0, 0.05) is 12.0 Å². The van der Waals surface area contributed by atoms with E-state index in [-0.39, 0.29) is 18.0 Å². The third-order valence-electron chi connectivity index (χ3n) is 2.11. The lowest BCUT2D eigenvalue weighted by Gasteiger charge is -2.04. The molecular weight excluding hydrogens is 195 g/mol. The van der Waals surface area contributed by atoms with Gasteiger partial charge in [-0.05, 0) is 30.7 Å². The zero-order chi connectivity index (χ0) is 11.3. The van der Waals surface area contributed by atoms with Gasteiger partial charge in [-0.25, -0.2) is 4.39 Å². The highest BCUT2D eigenvalue weighted by Crippen LogP contribution is 2.08. The summed E-state index contributed by atoms with van der Waals surface area (Å²) in [6.45, 7) is 3.41. The first kappa shape index (κ1) is 11.6. The second-order valence-corrected chi connectivity index (χ2v) is 3.27. The van der Waals surface area contributed by atoms with Gasteiger partial charge in [0.1, 0.15) is 5.82 Å². The van der Waals surface area contributed by atoms with Gasteiger partial charge in [0.2, 0.25) is 0 Å². The molecule has 0 aliphatic heterocycles. The van der Waals surface area contributed by atoms with E-state index in [1.54, 1.807) is 0 Å². The minimum absolute atomic E-state index is 0.101. The van der Waals surface area contributed by atoms with Gasteiger partial charge in [-0.2, -0.15) is 0 Å². The Hall–Kier alpha value is -1.48. The molecule has 1 aromatic carbocycles. The van der Waals surface area contributed by atoms with E-state index in [4.69, 9.17) is 5.11 Å². The Morgan fingerprint density at radius 3 is 2.60 bits per heavy atom. The highest BCUT2D eigenvalue weighted by Gasteiger charge is 2.07. The largest absolute Gasteiger partial charge is 0.389 e. The average molecular weight is 208 g/mol.